The SMILES string of the molecule is CC(=O)O.CC(=O)O.CC(=O)O.CCO[Si](OCC)(OCC)C(CC)NCCN.[NaH].[NaH].[NaH]. The fourth-order valence-electron chi connectivity index (χ4n) is 1.81. The van der Waals surface area contributed by atoms with Gasteiger partial charge in [0.05, 0.1) is 5.67 Å². The zero-order valence-electron chi connectivity index (χ0n) is 18.7. The molecule has 0 rings (SSSR count). The molecule has 182 valence electrons. The Balaban J connectivity index is -0.0000000694. The first-order chi connectivity index (χ1) is 13.4. The van der Waals surface area contributed by atoms with E-state index in [0.29, 0.717) is 26.4 Å². The molecule has 0 spiro atoms. The van der Waals surface area contributed by atoms with Gasteiger partial charge >= 0.3 is 97.5 Å². The second-order valence-electron chi connectivity index (χ2n) is 5.16. The van der Waals surface area contributed by atoms with Gasteiger partial charge < -0.3 is 39.6 Å². The second-order valence-corrected chi connectivity index (χ2v) is 7.93. The Labute approximate surface area is 260 Å². The summed E-state index contributed by atoms with van der Waals surface area (Å²) in [5, 5.41) is 25.6. The summed E-state index contributed by atoms with van der Waals surface area (Å²) in [4.78, 5) is 27.0. The molecule has 11 nitrogen and oxygen atoms in total. The molecule has 1 unspecified atom stereocenters. The van der Waals surface area contributed by atoms with Crippen molar-refractivity contribution in [1.29, 1.82) is 0 Å². The fourth-order valence-corrected chi connectivity index (χ4v) is 4.76. The van der Waals surface area contributed by atoms with E-state index in [-0.39, 0.29) is 94.3 Å². The second kappa shape index (κ2) is 37.0. The topological polar surface area (TPSA) is 178 Å². The molecule has 6 N–H and O–H groups in total. The van der Waals surface area contributed by atoms with Gasteiger partial charge in [-0.15, -0.1) is 0 Å². The fraction of sp³-hybridized carbons (Fsp3) is 0.824. The number of hydrogen-bond donors (Lipinski definition) is 5. The average Bonchev–Trinajstić information content (AvgIpc) is 2.54. The number of nitrogens with one attached hydrogen (secondary N) is 1. The van der Waals surface area contributed by atoms with E-state index in [0.717, 1.165) is 33.7 Å². The molecule has 0 aliphatic carbocycles. The van der Waals surface area contributed by atoms with Crippen LogP contribution in [0.3, 0.4) is 0 Å². The third kappa shape index (κ3) is 45.0. The summed E-state index contributed by atoms with van der Waals surface area (Å²) in [5.41, 5.74) is 5.64. The van der Waals surface area contributed by atoms with Crippen molar-refractivity contribution in [1.82, 2.24) is 5.32 Å². The number of rotatable bonds is 11. The van der Waals surface area contributed by atoms with Crippen LogP contribution in [-0.4, -0.2) is 169 Å². The first-order valence-corrected chi connectivity index (χ1v) is 11.1. The van der Waals surface area contributed by atoms with Gasteiger partial charge in [-0.2, -0.15) is 0 Å². The van der Waals surface area contributed by atoms with Gasteiger partial charge in [0, 0.05) is 53.7 Å². The number of carbonyl (C=O) groups is 3. The number of carboxylic acids is 3. The van der Waals surface area contributed by atoms with Gasteiger partial charge in [-0.1, -0.05) is 6.92 Å². The van der Waals surface area contributed by atoms with Crippen LogP contribution in [0, 0.1) is 0 Å². The van der Waals surface area contributed by atoms with Crippen LogP contribution in [-0.2, 0) is 27.7 Å². The molecule has 0 saturated heterocycles. The summed E-state index contributed by atoms with van der Waals surface area (Å²) in [5.74, 6) is -2.50. The van der Waals surface area contributed by atoms with Crippen molar-refractivity contribution in [2.45, 2.75) is 60.6 Å². The molecular weight excluding hydrogens is 473 g/mol. The summed E-state index contributed by atoms with van der Waals surface area (Å²) in [6.07, 6.45) is 0.909. The van der Waals surface area contributed by atoms with E-state index in [1.165, 1.54) is 0 Å². The summed E-state index contributed by atoms with van der Waals surface area (Å²) in [6.45, 7) is 14.4. The predicted molar refractivity (Wildman–Crippen MR) is 133 cm³/mol. The Bertz CT molecular complexity index is 369. The molecule has 0 fully saturated rings. The van der Waals surface area contributed by atoms with Gasteiger partial charge in [-0.3, -0.25) is 14.4 Å². The van der Waals surface area contributed by atoms with Gasteiger partial charge in [-0.05, 0) is 27.2 Å². The van der Waals surface area contributed by atoms with E-state index in [4.69, 9.17) is 48.7 Å². The minimum atomic E-state index is -2.63. The Kier molecular flexibility index (Phi) is 58.2. The molecule has 0 aliphatic rings. The Hall–Kier alpha value is 1.43. The molecule has 0 bridgehead atoms. The predicted octanol–water partition coefficient (Wildman–Crippen LogP) is -0.772. The van der Waals surface area contributed by atoms with Crippen LogP contribution in [0.2, 0.25) is 0 Å². The molecule has 0 heterocycles. The van der Waals surface area contributed by atoms with Crippen LogP contribution >= 0.6 is 0 Å². The summed E-state index contributed by atoms with van der Waals surface area (Å²) in [6, 6.07) is 0. The summed E-state index contributed by atoms with van der Waals surface area (Å²) < 4.78 is 17.6. The number of hydrogen-bond acceptors (Lipinski definition) is 8. The first-order valence-electron chi connectivity index (χ1n) is 9.34. The van der Waals surface area contributed by atoms with E-state index in [1.54, 1.807) is 0 Å². The molecule has 0 aromatic heterocycles. The van der Waals surface area contributed by atoms with Crippen molar-refractivity contribution in [2.75, 3.05) is 32.9 Å². The van der Waals surface area contributed by atoms with Crippen molar-refractivity contribution in [3.8, 4) is 0 Å². The molecule has 0 amide bonds. The maximum absolute atomic E-state index is 9.00. The average molecular weight is 517 g/mol. The van der Waals surface area contributed by atoms with Crippen molar-refractivity contribution in [3.05, 3.63) is 0 Å². The Morgan fingerprint density at radius 3 is 1.19 bits per heavy atom. The first kappa shape index (κ1) is 50.3. The van der Waals surface area contributed by atoms with Crippen LogP contribution in [0.15, 0.2) is 0 Å². The van der Waals surface area contributed by atoms with Crippen LogP contribution in [0.1, 0.15) is 54.9 Å². The third-order valence-corrected chi connectivity index (χ3v) is 5.95. The quantitative estimate of drug-likeness (QED) is 0.218. The molecule has 0 aromatic rings. The molecule has 0 saturated carbocycles. The Morgan fingerprint density at radius 2 is 1.03 bits per heavy atom. The van der Waals surface area contributed by atoms with Crippen LogP contribution in [0.4, 0.5) is 0 Å². The van der Waals surface area contributed by atoms with Crippen LogP contribution < -0.4 is 11.1 Å². The zero-order chi connectivity index (χ0) is 23.9. The van der Waals surface area contributed by atoms with E-state index < -0.39 is 26.7 Å². The standard InChI is InChI=1S/C11H28N2O3Si.3C2H4O2.3Na.3H/c1-5-11(13-10-9-12)17(14-6-2,15-7-3)16-8-4;3*1-2(3)4;;;;;;/h11,13H,5-10,12H2,1-4H3;3*1H3,(H,3,4);;;;;;. The van der Waals surface area contributed by atoms with E-state index in [9.17, 15) is 0 Å². The molecule has 15 heteroatoms. The third-order valence-electron chi connectivity index (χ3n) is 2.41. The van der Waals surface area contributed by atoms with Crippen molar-refractivity contribution in [2.24, 2.45) is 5.73 Å². The molecule has 32 heavy (non-hydrogen) atoms. The van der Waals surface area contributed by atoms with Gasteiger partial charge in [-0.25, -0.2) is 0 Å². The molecular formula is C17H43N2Na3O9Si. The Morgan fingerprint density at radius 1 is 0.781 bits per heavy atom. The van der Waals surface area contributed by atoms with Crippen LogP contribution in [0.25, 0.3) is 0 Å². The van der Waals surface area contributed by atoms with Gasteiger partial charge in [0.2, 0.25) is 0 Å². The monoisotopic (exact) mass is 516 g/mol. The van der Waals surface area contributed by atoms with E-state index in [1.807, 2.05) is 20.8 Å². The van der Waals surface area contributed by atoms with E-state index in [2.05, 4.69) is 12.2 Å². The van der Waals surface area contributed by atoms with Gasteiger partial charge in [0.15, 0.2) is 0 Å². The zero-order valence-corrected chi connectivity index (χ0v) is 19.7. The van der Waals surface area contributed by atoms with Gasteiger partial charge in [0.1, 0.15) is 0 Å². The number of aliphatic carboxylic acids is 3. The molecule has 0 aliphatic heterocycles. The summed E-state index contributed by atoms with van der Waals surface area (Å²) >= 11 is 0. The van der Waals surface area contributed by atoms with Crippen molar-refractivity contribution < 1.29 is 43.0 Å². The molecule has 0 radical (unpaired) electrons. The molecule has 0 aromatic carbocycles. The minimum absolute atomic E-state index is 0. The maximum atomic E-state index is 9.00. The molecule has 1 atom stereocenters. The van der Waals surface area contributed by atoms with E-state index >= 15 is 0 Å². The normalized spacial score (nSPS) is 9.75. The van der Waals surface area contributed by atoms with Gasteiger partial charge in [0.25, 0.3) is 17.9 Å². The van der Waals surface area contributed by atoms with Crippen LogP contribution in [0.5, 0.6) is 0 Å². The number of nitrogens with two attached hydrogens (primary N) is 1. The summed E-state index contributed by atoms with van der Waals surface area (Å²) in [7, 11) is -2.63. The van der Waals surface area contributed by atoms with Crippen molar-refractivity contribution >= 4 is 115 Å². The van der Waals surface area contributed by atoms with Crippen molar-refractivity contribution in [3.63, 3.8) is 0 Å². The number of carboxylic acid groups (broad SMARTS) is 3.